The second-order valence-corrected chi connectivity index (χ2v) is 8.15. The quantitative estimate of drug-likeness (QED) is 0.925. The molecular weight excluding hydrogens is 278 g/mol. The van der Waals surface area contributed by atoms with E-state index < -0.39 is 0 Å². The van der Waals surface area contributed by atoms with Crippen LogP contribution >= 0.6 is 11.3 Å². The lowest BCUT2D eigenvalue weighted by Crippen LogP contribution is -2.59. The summed E-state index contributed by atoms with van der Waals surface area (Å²) in [6.07, 6.45) is 12.1. The van der Waals surface area contributed by atoms with Crippen LogP contribution in [0.5, 0.6) is 0 Å². The number of hydrogen-bond acceptors (Lipinski definition) is 4. The number of rotatable bonds is 4. The molecule has 1 aromatic rings. The van der Waals surface area contributed by atoms with E-state index in [4.69, 9.17) is 0 Å². The summed E-state index contributed by atoms with van der Waals surface area (Å²) in [5.41, 5.74) is 0. The second kappa shape index (κ2) is 6.35. The maximum atomic E-state index is 4.53. The summed E-state index contributed by atoms with van der Waals surface area (Å²) in [6.45, 7) is 3.52. The third-order valence-electron chi connectivity index (χ3n) is 5.70. The van der Waals surface area contributed by atoms with Crippen molar-refractivity contribution < 1.29 is 0 Å². The van der Waals surface area contributed by atoms with E-state index in [-0.39, 0.29) is 0 Å². The molecule has 0 amide bonds. The van der Waals surface area contributed by atoms with Crippen LogP contribution in [0.2, 0.25) is 0 Å². The monoisotopic (exact) mass is 305 g/mol. The lowest BCUT2D eigenvalue weighted by molar-refractivity contribution is 0.0606. The van der Waals surface area contributed by atoms with Crippen LogP contribution in [0, 0.1) is 11.8 Å². The number of piperazine rings is 1. The van der Waals surface area contributed by atoms with Crippen molar-refractivity contribution in [2.24, 2.45) is 11.8 Å². The Hall–Kier alpha value is -0.450. The summed E-state index contributed by atoms with van der Waals surface area (Å²) in [4.78, 5) is 7.30. The molecule has 0 bridgehead atoms. The van der Waals surface area contributed by atoms with Gasteiger partial charge in [0, 0.05) is 36.8 Å². The highest BCUT2D eigenvalue weighted by molar-refractivity contribution is 7.09. The van der Waals surface area contributed by atoms with Crippen LogP contribution < -0.4 is 5.32 Å². The highest BCUT2D eigenvalue weighted by Crippen LogP contribution is 2.37. The normalized spacial score (nSPS) is 32.4. The first kappa shape index (κ1) is 14.2. The molecule has 2 saturated carbocycles. The molecule has 0 spiro atoms. The van der Waals surface area contributed by atoms with Gasteiger partial charge in [-0.05, 0) is 37.5 Å². The molecule has 0 aromatic carbocycles. The van der Waals surface area contributed by atoms with Crippen LogP contribution in [-0.4, -0.2) is 35.1 Å². The SMILES string of the molecule is c1csc(CN2CC(C3CC3)NCC2C2CCCCC2)n1. The predicted molar refractivity (Wildman–Crippen MR) is 87.4 cm³/mol. The number of thiazole rings is 1. The standard InChI is InChI=1S/C17H27N3S/c1-2-4-14(5-3-1)16-10-19-15(13-6-7-13)11-20(16)12-17-18-8-9-21-17/h8-9,13-16,19H,1-7,10-12H2. The van der Waals surface area contributed by atoms with Gasteiger partial charge in [-0.1, -0.05) is 19.3 Å². The third-order valence-corrected chi connectivity index (χ3v) is 6.46. The van der Waals surface area contributed by atoms with Crippen LogP contribution in [0.25, 0.3) is 0 Å². The van der Waals surface area contributed by atoms with E-state index in [1.807, 2.05) is 17.5 Å². The largest absolute Gasteiger partial charge is 0.311 e. The van der Waals surface area contributed by atoms with Crippen molar-refractivity contribution in [2.75, 3.05) is 13.1 Å². The second-order valence-electron chi connectivity index (χ2n) is 7.17. The number of hydrogen-bond donors (Lipinski definition) is 1. The van der Waals surface area contributed by atoms with Crippen molar-refractivity contribution in [1.29, 1.82) is 0 Å². The number of nitrogens with zero attached hydrogens (tertiary/aromatic N) is 2. The van der Waals surface area contributed by atoms with Crippen LogP contribution in [0.4, 0.5) is 0 Å². The maximum Gasteiger partial charge on any atom is 0.107 e. The van der Waals surface area contributed by atoms with Crippen LogP contribution in [0.1, 0.15) is 50.0 Å². The van der Waals surface area contributed by atoms with Gasteiger partial charge in [-0.2, -0.15) is 0 Å². The highest BCUT2D eigenvalue weighted by atomic mass is 32.1. The zero-order valence-corrected chi connectivity index (χ0v) is 13.7. The molecule has 0 radical (unpaired) electrons. The molecule has 2 aliphatic carbocycles. The summed E-state index contributed by atoms with van der Waals surface area (Å²) >= 11 is 1.82. The fourth-order valence-electron chi connectivity index (χ4n) is 4.34. The fraction of sp³-hybridized carbons (Fsp3) is 0.824. The maximum absolute atomic E-state index is 4.53. The molecule has 21 heavy (non-hydrogen) atoms. The van der Waals surface area contributed by atoms with Gasteiger partial charge >= 0.3 is 0 Å². The topological polar surface area (TPSA) is 28.2 Å². The molecular formula is C17H27N3S. The first-order valence-corrected chi connectivity index (χ1v) is 9.64. The van der Waals surface area contributed by atoms with Crippen molar-refractivity contribution >= 4 is 11.3 Å². The van der Waals surface area contributed by atoms with Crippen molar-refractivity contribution in [3.63, 3.8) is 0 Å². The average molecular weight is 305 g/mol. The Morgan fingerprint density at radius 3 is 2.71 bits per heavy atom. The Bertz CT molecular complexity index is 437. The molecule has 1 aliphatic heterocycles. The minimum absolute atomic E-state index is 0.740. The van der Waals surface area contributed by atoms with E-state index in [0.29, 0.717) is 0 Å². The zero-order chi connectivity index (χ0) is 14.1. The van der Waals surface area contributed by atoms with E-state index in [9.17, 15) is 0 Å². The third kappa shape index (κ3) is 3.33. The van der Waals surface area contributed by atoms with Gasteiger partial charge in [0.15, 0.2) is 0 Å². The average Bonchev–Trinajstić information content (AvgIpc) is 3.26. The minimum atomic E-state index is 0.740. The molecule has 2 atom stereocenters. The summed E-state index contributed by atoms with van der Waals surface area (Å²) in [5, 5.41) is 7.29. The Morgan fingerprint density at radius 1 is 1.14 bits per heavy atom. The van der Waals surface area contributed by atoms with Gasteiger partial charge < -0.3 is 5.32 Å². The van der Waals surface area contributed by atoms with Crippen molar-refractivity contribution in [3.8, 4) is 0 Å². The van der Waals surface area contributed by atoms with Gasteiger partial charge in [0.05, 0.1) is 6.54 Å². The minimum Gasteiger partial charge on any atom is -0.311 e. The predicted octanol–water partition coefficient (Wildman–Crippen LogP) is 3.28. The molecule has 3 fully saturated rings. The number of aromatic nitrogens is 1. The molecule has 2 unspecified atom stereocenters. The Kier molecular flexibility index (Phi) is 4.28. The molecule has 1 aromatic heterocycles. The zero-order valence-electron chi connectivity index (χ0n) is 12.8. The molecule has 1 N–H and O–H groups in total. The van der Waals surface area contributed by atoms with Gasteiger partial charge in [0.2, 0.25) is 0 Å². The lowest BCUT2D eigenvalue weighted by Gasteiger charge is -2.45. The Morgan fingerprint density at radius 2 is 2.00 bits per heavy atom. The summed E-state index contributed by atoms with van der Waals surface area (Å²) in [7, 11) is 0. The first-order chi connectivity index (χ1) is 10.4. The van der Waals surface area contributed by atoms with Gasteiger partial charge in [-0.3, -0.25) is 4.90 Å². The molecule has 4 heteroatoms. The van der Waals surface area contributed by atoms with Crippen LogP contribution in [0.3, 0.4) is 0 Å². The fourth-order valence-corrected chi connectivity index (χ4v) is 4.98. The van der Waals surface area contributed by atoms with Crippen molar-refractivity contribution in [3.05, 3.63) is 16.6 Å². The van der Waals surface area contributed by atoms with E-state index in [1.54, 1.807) is 0 Å². The molecule has 4 rings (SSSR count). The van der Waals surface area contributed by atoms with E-state index in [0.717, 1.165) is 30.5 Å². The molecule has 1 saturated heterocycles. The summed E-state index contributed by atoms with van der Waals surface area (Å²) < 4.78 is 0. The van der Waals surface area contributed by atoms with Crippen LogP contribution in [0.15, 0.2) is 11.6 Å². The van der Waals surface area contributed by atoms with Crippen molar-refractivity contribution in [1.82, 2.24) is 15.2 Å². The Labute approximate surface area is 132 Å². The van der Waals surface area contributed by atoms with Gasteiger partial charge in [-0.15, -0.1) is 11.3 Å². The summed E-state index contributed by atoms with van der Waals surface area (Å²) in [5.74, 6) is 1.86. The lowest BCUT2D eigenvalue weighted by atomic mass is 9.82. The van der Waals surface area contributed by atoms with E-state index in [1.165, 1.54) is 63.0 Å². The molecule has 2 heterocycles. The van der Waals surface area contributed by atoms with Gasteiger partial charge in [0.1, 0.15) is 5.01 Å². The molecule has 3 nitrogen and oxygen atoms in total. The highest BCUT2D eigenvalue weighted by Gasteiger charge is 2.39. The van der Waals surface area contributed by atoms with E-state index in [2.05, 4.69) is 20.6 Å². The van der Waals surface area contributed by atoms with Gasteiger partial charge in [0.25, 0.3) is 0 Å². The number of nitrogens with one attached hydrogen (secondary N) is 1. The smallest absolute Gasteiger partial charge is 0.107 e. The summed E-state index contributed by atoms with van der Waals surface area (Å²) in [6, 6.07) is 1.48. The van der Waals surface area contributed by atoms with Crippen molar-refractivity contribution in [2.45, 2.75) is 63.6 Å². The van der Waals surface area contributed by atoms with Crippen LogP contribution in [-0.2, 0) is 6.54 Å². The molecule has 116 valence electrons. The van der Waals surface area contributed by atoms with Gasteiger partial charge in [-0.25, -0.2) is 4.98 Å². The van der Waals surface area contributed by atoms with E-state index >= 15 is 0 Å². The Balaban J connectivity index is 1.46. The molecule has 3 aliphatic rings. The first-order valence-electron chi connectivity index (χ1n) is 8.76.